The molecule has 1 aliphatic carbocycles. The molecule has 0 bridgehead atoms. The maximum absolute atomic E-state index is 13.4. The number of fused-ring (bicyclic) bond motifs is 1. The summed E-state index contributed by atoms with van der Waals surface area (Å²) >= 11 is 0. The molecule has 0 aromatic heterocycles. The second-order valence-electron chi connectivity index (χ2n) is 9.04. The van der Waals surface area contributed by atoms with Crippen molar-refractivity contribution in [1.29, 1.82) is 0 Å². The first-order valence-electron chi connectivity index (χ1n) is 12.2. The van der Waals surface area contributed by atoms with Crippen LogP contribution in [0.2, 0.25) is 0 Å². The van der Waals surface area contributed by atoms with Crippen molar-refractivity contribution in [2.24, 2.45) is 0 Å². The summed E-state index contributed by atoms with van der Waals surface area (Å²) in [6.07, 6.45) is 3.87. The van der Waals surface area contributed by atoms with Crippen LogP contribution in [0.3, 0.4) is 0 Å². The Balaban J connectivity index is 1.47. The van der Waals surface area contributed by atoms with E-state index in [1.54, 1.807) is 25.1 Å². The monoisotopic (exact) mass is 531 g/mol. The molecule has 2 N–H and O–H groups in total. The average molecular weight is 532 g/mol. The molecule has 1 fully saturated rings. The van der Waals surface area contributed by atoms with E-state index in [9.17, 15) is 23.0 Å². The summed E-state index contributed by atoms with van der Waals surface area (Å²) in [6.45, 7) is 2.38. The molecule has 0 unspecified atom stereocenters. The van der Waals surface area contributed by atoms with Gasteiger partial charge in [-0.2, -0.15) is 0 Å². The van der Waals surface area contributed by atoms with Crippen molar-refractivity contribution in [3.05, 3.63) is 48.3 Å². The van der Waals surface area contributed by atoms with Gasteiger partial charge >= 0.3 is 0 Å². The average Bonchev–Trinajstić information content (AvgIpc) is 3.38. The van der Waals surface area contributed by atoms with Gasteiger partial charge in [0.1, 0.15) is 36.6 Å². The highest BCUT2D eigenvalue weighted by molar-refractivity contribution is 7.86. The predicted molar refractivity (Wildman–Crippen MR) is 138 cm³/mol. The summed E-state index contributed by atoms with van der Waals surface area (Å²) < 4.78 is 37.0. The van der Waals surface area contributed by atoms with Crippen LogP contribution in [0.15, 0.2) is 42.5 Å². The molecule has 37 heavy (non-hydrogen) atoms. The number of amides is 3. The Kier molecular flexibility index (Phi) is 8.75. The van der Waals surface area contributed by atoms with Gasteiger partial charge in [-0.3, -0.25) is 23.5 Å². The Labute approximate surface area is 217 Å². The number of carbonyl (C=O) groups excluding carboxylic acids is 3. The summed E-state index contributed by atoms with van der Waals surface area (Å²) in [5.41, 5.74) is 0.751. The highest BCUT2D eigenvalue weighted by Gasteiger charge is 2.31. The van der Waals surface area contributed by atoms with Crippen LogP contribution in [0.4, 0.5) is 15.8 Å². The fourth-order valence-electron chi connectivity index (χ4n) is 4.41. The Bertz CT molecular complexity index is 1170. The van der Waals surface area contributed by atoms with Gasteiger partial charge in [0.2, 0.25) is 17.7 Å². The third kappa shape index (κ3) is 7.06. The topological polar surface area (TPSA) is 114 Å². The summed E-state index contributed by atoms with van der Waals surface area (Å²) in [6, 6.07) is 9.27. The molecule has 2 aromatic rings. The first-order valence-corrected chi connectivity index (χ1v) is 13.7. The molecule has 0 saturated heterocycles. The minimum Gasteiger partial charge on any atom is -0.486 e. The van der Waals surface area contributed by atoms with E-state index >= 15 is 0 Å². The highest BCUT2D eigenvalue weighted by Crippen LogP contribution is 2.35. The number of halogens is 1. The lowest BCUT2D eigenvalue weighted by atomic mass is 10.1. The highest BCUT2D eigenvalue weighted by atomic mass is 32.2. The van der Waals surface area contributed by atoms with Crippen LogP contribution in [-0.4, -0.2) is 58.7 Å². The van der Waals surface area contributed by atoms with Gasteiger partial charge in [0.15, 0.2) is 11.5 Å². The maximum Gasteiger partial charge on any atom is 0.243 e. The van der Waals surface area contributed by atoms with E-state index in [0.717, 1.165) is 25.7 Å². The first-order chi connectivity index (χ1) is 17.8. The molecule has 4 rings (SSSR count). The molecule has 2 aromatic carbocycles. The fourth-order valence-corrected chi connectivity index (χ4v) is 5.29. The van der Waals surface area contributed by atoms with Crippen molar-refractivity contribution in [3.63, 3.8) is 0 Å². The Hall–Kier alpha value is -3.47. The summed E-state index contributed by atoms with van der Waals surface area (Å²) in [4.78, 5) is 40.1. The van der Waals surface area contributed by atoms with E-state index in [0.29, 0.717) is 36.1 Å². The van der Waals surface area contributed by atoms with Gasteiger partial charge in [-0.15, -0.1) is 0 Å². The van der Waals surface area contributed by atoms with Gasteiger partial charge in [0.25, 0.3) is 0 Å². The lowest BCUT2D eigenvalue weighted by Gasteiger charge is -2.30. The summed E-state index contributed by atoms with van der Waals surface area (Å²) in [5, 5.41) is 5.54. The van der Waals surface area contributed by atoms with Gasteiger partial charge < -0.3 is 20.1 Å². The van der Waals surface area contributed by atoms with Gasteiger partial charge in [0, 0.05) is 34.3 Å². The zero-order valence-electron chi connectivity index (χ0n) is 20.5. The molecule has 198 valence electrons. The zero-order valence-corrected chi connectivity index (χ0v) is 21.4. The van der Waals surface area contributed by atoms with Crippen LogP contribution < -0.4 is 25.0 Å². The summed E-state index contributed by atoms with van der Waals surface area (Å²) in [7, 11) is -1.85. The fraction of sp³-hybridized carbons (Fsp3) is 0.423. The van der Waals surface area contributed by atoms with Gasteiger partial charge in [-0.05, 0) is 56.2 Å². The lowest BCUT2D eigenvalue weighted by Crippen LogP contribution is -2.51. The van der Waals surface area contributed by atoms with E-state index in [4.69, 9.17) is 9.47 Å². The van der Waals surface area contributed by atoms with E-state index < -0.39 is 46.0 Å². The van der Waals surface area contributed by atoms with E-state index in [1.807, 2.05) is 0 Å². The molecule has 1 heterocycles. The number of anilines is 2. The predicted octanol–water partition coefficient (Wildman–Crippen LogP) is 2.76. The van der Waals surface area contributed by atoms with Crippen LogP contribution >= 0.6 is 0 Å². The number of nitrogens with zero attached hydrogens (tertiary/aromatic N) is 1. The Morgan fingerprint density at radius 2 is 1.70 bits per heavy atom. The van der Waals surface area contributed by atoms with Gasteiger partial charge in [-0.25, -0.2) is 4.39 Å². The van der Waals surface area contributed by atoms with Crippen LogP contribution in [0, 0.1) is 5.82 Å². The molecule has 0 spiro atoms. The van der Waals surface area contributed by atoms with Crippen molar-refractivity contribution in [1.82, 2.24) is 5.32 Å². The molecule has 3 amide bonds. The molecule has 9 nitrogen and oxygen atoms in total. The molecule has 1 saturated carbocycles. The normalized spacial score (nSPS) is 16.5. The molecule has 2 aliphatic rings. The quantitative estimate of drug-likeness (QED) is 0.515. The number of nitrogens with one attached hydrogen (secondary N) is 2. The molecule has 11 heteroatoms. The minimum atomic E-state index is -1.85. The lowest BCUT2D eigenvalue weighted by molar-refractivity contribution is -0.125. The van der Waals surface area contributed by atoms with Crippen molar-refractivity contribution in [2.45, 2.75) is 44.7 Å². The van der Waals surface area contributed by atoms with E-state index in [2.05, 4.69) is 10.6 Å². The van der Waals surface area contributed by atoms with Crippen molar-refractivity contribution < 1.29 is 32.5 Å². The number of rotatable bonds is 9. The van der Waals surface area contributed by atoms with E-state index in [1.165, 1.54) is 29.2 Å². The Morgan fingerprint density at radius 3 is 2.41 bits per heavy atom. The molecular weight excluding hydrogens is 501 g/mol. The maximum atomic E-state index is 13.4. The summed E-state index contributed by atoms with van der Waals surface area (Å²) in [5.74, 6) is -1.81. The van der Waals surface area contributed by atoms with Gasteiger partial charge in [0.05, 0.1) is 0 Å². The molecule has 2 atom stereocenters. The van der Waals surface area contributed by atoms with Crippen molar-refractivity contribution in [3.8, 4) is 11.5 Å². The number of hydrogen-bond donors (Lipinski definition) is 2. The van der Waals surface area contributed by atoms with E-state index in [-0.39, 0.29) is 11.9 Å². The Morgan fingerprint density at radius 1 is 1.03 bits per heavy atom. The zero-order chi connectivity index (χ0) is 26.4. The van der Waals surface area contributed by atoms with Crippen LogP contribution in [0.25, 0.3) is 0 Å². The number of hydrogen-bond acceptors (Lipinski definition) is 6. The first kappa shape index (κ1) is 26.6. The van der Waals surface area contributed by atoms with Crippen LogP contribution in [0.5, 0.6) is 11.5 Å². The number of carbonyl (C=O) groups is 3. The second-order valence-corrected chi connectivity index (χ2v) is 10.5. The van der Waals surface area contributed by atoms with Crippen LogP contribution in [-0.2, 0) is 25.2 Å². The van der Waals surface area contributed by atoms with Gasteiger partial charge in [-0.1, -0.05) is 12.8 Å². The number of ether oxygens (including phenoxy) is 2. The number of benzene rings is 2. The molecule has 1 aliphatic heterocycles. The SMILES string of the molecule is C[C@H](C(=O)NC1CCCC1)N(C(=O)C[S@@](=O)CC(=O)Nc1ccc(F)cc1)c1ccc2c(c1)OCCO2. The largest absolute Gasteiger partial charge is 0.486 e. The second kappa shape index (κ2) is 12.2. The van der Waals surface area contributed by atoms with Crippen molar-refractivity contribution in [2.75, 3.05) is 34.9 Å². The third-order valence-electron chi connectivity index (χ3n) is 6.25. The molecular formula is C26H30FN3O6S. The van der Waals surface area contributed by atoms with Crippen LogP contribution in [0.1, 0.15) is 32.6 Å². The minimum absolute atomic E-state index is 0.0662. The van der Waals surface area contributed by atoms with Crippen molar-refractivity contribution >= 4 is 39.9 Å². The molecule has 0 radical (unpaired) electrons. The smallest absolute Gasteiger partial charge is 0.243 e. The standard InChI is InChI=1S/C26H30FN3O6S/c1-17(26(33)29-19-4-2-3-5-19)30(21-10-11-22-23(14-21)36-13-12-35-22)25(32)16-37(34)15-24(31)28-20-8-6-18(27)7-9-20/h6-11,14,17,19H,2-5,12-13,15-16H2,1H3,(H,28,31)(H,29,33)/t17-,37+/m1/s1. The third-order valence-corrected chi connectivity index (χ3v) is 7.40.